The van der Waals surface area contributed by atoms with Gasteiger partial charge >= 0.3 is 23.0 Å². The van der Waals surface area contributed by atoms with Gasteiger partial charge in [-0.1, -0.05) is 13.5 Å². The van der Waals surface area contributed by atoms with Crippen LogP contribution in [0.15, 0.2) is 12.2 Å². The molecule has 2 nitrogen and oxygen atoms in total. The predicted octanol–water partition coefficient (Wildman–Crippen LogP) is 3.46. The minimum absolute atomic E-state index is 0. The molecular formula is C14H24FeO2. The van der Waals surface area contributed by atoms with Gasteiger partial charge in [0.05, 0.1) is 6.61 Å². The zero-order valence-electron chi connectivity index (χ0n) is 11.0. The van der Waals surface area contributed by atoms with Crippen LogP contribution in [-0.2, 0) is 26.6 Å². The van der Waals surface area contributed by atoms with E-state index in [9.17, 15) is 4.79 Å². The number of hydrogen-bond donors (Lipinski definition) is 0. The standard InChI is InChI=1S/C10H16O2.C4H8.Fe/c1-7(2)9(5)6-12-10(11)8(3)4;1-3-4-2;/h7,9H,1,3,5-6H2,2,4H3;1-4H2;/q2*-2;+4. The minimum Gasteiger partial charge on any atom is -0.465 e. The van der Waals surface area contributed by atoms with Crippen molar-refractivity contribution in [2.24, 2.45) is 11.8 Å². The van der Waals surface area contributed by atoms with E-state index in [1.807, 2.05) is 6.92 Å². The third-order valence-corrected chi connectivity index (χ3v) is 1.83. The molecule has 0 aliphatic heterocycles. The summed E-state index contributed by atoms with van der Waals surface area (Å²) in [6.07, 6.45) is 1.92. The van der Waals surface area contributed by atoms with Gasteiger partial charge in [-0.25, -0.2) is 17.6 Å². The molecule has 0 aliphatic carbocycles. The molecule has 2 atom stereocenters. The first-order valence-corrected chi connectivity index (χ1v) is 5.44. The largest absolute Gasteiger partial charge is 4.00 e. The summed E-state index contributed by atoms with van der Waals surface area (Å²) in [5, 5.41) is 0. The fraction of sp³-hybridized carbons (Fsp3) is 0.500. The molecule has 0 radical (unpaired) electrons. The maximum absolute atomic E-state index is 10.9. The number of carbonyl (C=O) groups is 1. The number of hydrogen-bond acceptors (Lipinski definition) is 2. The van der Waals surface area contributed by atoms with Crippen LogP contribution in [0.3, 0.4) is 0 Å². The first kappa shape index (κ1) is 22.0. The summed E-state index contributed by atoms with van der Waals surface area (Å²) >= 11 is 0. The van der Waals surface area contributed by atoms with Gasteiger partial charge in [-0.2, -0.15) is 11.8 Å². The molecule has 0 aromatic rings. The normalized spacial score (nSPS) is 12.4. The molecule has 0 saturated carbocycles. The molecule has 0 spiro atoms. The first-order chi connectivity index (χ1) is 7.36. The fourth-order valence-corrected chi connectivity index (χ4v) is 0.470. The summed E-state index contributed by atoms with van der Waals surface area (Å²) in [6.45, 7) is 22.0. The predicted molar refractivity (Wildman–Crippen MR) is 69.1 cm³/mol. The van der Waals surface area contributed by atoms with Crippen LogP contribution >= 0.6 is 0 Å². The molecule has 0 N–H and O–H groups in total. The van der Waals surface area contributed by atoms with Crippen LogP contribution in [0.25, 0.3) is 0 Å². The smallest absolute Gasteiger partial charge is 0.465 e. The molecule has 17 heavy (non-hydrogen) atoms. The van der Waals surface area contributed by atoms with Crippen molar-refractivity contribution in [1.29, 1.82) is 0 Å². The minimum atomic E-state index is -0.357. The van der Waals surface area contributed by atoms with Crippen LogP contribution in [0.1, 0.15) is 26.7 Å². The van der Waals surface area contributed by atoms with Gasteiger partial charge < -0.3 is 32.4 Å². The maximum atomic E-state index is 10.9. The van der Waals surface area contributed by atoms with Crippen molar-refractivity contribution < 1.29 is 26.6 Å². The zero-order valence-corrected chi connectivity index (χ0v) is 12.1. The van der Waals surface area contributed by atoms with E-state index in [1.165, 1.54) is 0 Å². The van der Waals surface area contributed by atoms with E-state index in [0.29, 0.717) is 12.2 Å². The van der Waals surface area contributed by atoms with Crippen molar-refractivity contribution in [2.45, 2.75) is 26.7 Å². The van der Waals surface area contributed by atoms with Crippen molar-refractivity contribution in [1.82, 2.24) is 0 Å². The monoisotopic (exact) mass is 280 g/mol. The topological polar surface area (TPSA) is 26.3 Å². The van der Waals surface area contributed by atoms with Gasteiger partial charge in [0, 0.05) is 5.57 Å². The van der Waals surface area contributed by atoms with E-state index in [0.717, 1.165) is 12.8 Å². The van der Waals surface area contributed by atoms with Crippen LogP contribution in [0.2, 0.25) is 0 Å². The fourth-order valence-electron chi connectivity index (χ4n) is 0.470. The van der Waals surface area contributed by atoms with Gasteiger partial charge in [-0.3, -0.25) is 0 Å². The summed E-state index contributed by atoms with van der Waals surface area (Å²) in [4.78, 5) is 10.9. The number of ether oxygens (including phenoxy) is 1. The second-order valence-corrected chi connectivity index (χ2v) is 3.82. The van der Waals surface area contributed by atoms with E-state index in [4.69, 9.17) is 4.74 Å². The Hall–Kier alpha value is -0.271. The average molecular weight is 280 g/mol. The molecule has 0 rings (SSSR count). The van der Waals surface area contributed by atoms with Gasteiger partial charge in [-0.15, -0.1) is 0 Å². The molecule has 0 saturated heterocycles. The van der Waals surface area contributed by atoms with Gasteiger partial charge in [-0.05, 0) is 6.92 Å². The van der Waals surface area contributed by atoms with Crippen LogP contribution in [-0.4, -0.2) is 12.6 Å². The van der Waals surface area contributed by atoms with Crippen LogP contribution in [0.5, 0.6) is 0 Å². The van der Waals surface area contributed by atoms with E-state index in [-0.39, 0.29) is 34.9 Å². The van der Waals surface area contributed by atoms with Crippen molar-refractivity contribution in [3.8, 4) is 0 Å². The molecule has 0 amide bonds. The Morgan fingerprint density at radius 3 is 1.94 bits per heavy atom. The second-order valence-electron chi connectivity index (χ2n) is 3.82. The van der Waals surface area contributed by atoms with E-state index in [1.54, 1.807) is 6.92 Å². The van der Waals surface area contributed by atoms with Crippen LogP contribution < -0.4 is 0 Å². The summed E-state index contributed by atoms with van der Waals surface area (Å²) in [5.74, 6) is -0.125. The zero-order chi connectivity index (χ0) is 13.1. The molecule has 0 aromatic carbocycles. The molecule has 0 fully saturated rings. The molecule has 0 bridgehead atoms. The second kappa shape index (κ2) is 13.8. The van der Waals surface area contributed by atoms with Gasteiger partial charge in [0.1, 0.15) is 0 Å². The van der Waals surface area contributed by atoms with E-state index in [2.05, 4.69) is 34.3 Å². The van der Waals surface area contributed by atoms with Gasteiger partial charge in [0.15, 0.2) is 0 Å². The Balaban J connectivity index is -0.000000340. The summed E-state index contributed by atoms with van der Waals surface area (Å²) in [5.41, 5.74) is 0.416. The van der Waals surface area contributed by atoms with Gasteiger partial charge in [0.25, 0.3) is 0 Å². The Morgan fingerprint density at radius 2 is 1.71 bits per heavy atom. The van der Waals surface area contributed by atoms with Crippen LogP contribution in [0.4, 0.5) is 0 Å². The SMILES string of the molecule is C=C(C)C(=O)OCC([CH2-])C([CH2-])C.[CH2-]CC[CH2-].[Fe+4]. The molecule has 0 aromatic heterocycles. The summed E-state index contributed by atoms with van der Waals surface area (Å²) < 4.78 is 4.89. The Bertz CT molecular complexity index is 198. The molecule has 3 heteroatoms. The van der Waals surface area contributed by atoms with E-state index < -0.39 is 0 Å². The van der Waals surface area contributed by atoms with Crippen molar-refractivity contribution in [3.05, 3.63) is 39.8 Å². The Labute approximate surface area is 118 Å². The third-order valence-electron chi connectivity index (χ3n) is 1.83. The third kappa shape index (κ3) is 15.7. The van der Waals surface area contributed by atoms with Crippen molar-refractivity contribution >= 4 is 5.97 Å². The van der Waals surface area contributed by atoms with Crippen molar-refractivity contribution in [2.75, 3.05) is 6.61 Å². The van der Waals surface area contributed by atoms with Crippen molar-refractivity contribution in [3.63, 3.8) is 0 Å². The molecule has 0 aliphatic rings. The molecule has 0 heterocycles. The first-order valence-electron chi connectivity index (χ1n) is 5.44. The summed E-state index contributed by atoms with van der Waals surface area (Å²) in [7, 11) is 0. The molecule has 2 unspecified atom stereocenters. The Kier molecular flexibility index (Phi) is 17.8. The number of unbranched alkanes of at least 4 members (excludes halogenated alkanes) is 1. The van der Waals surface area contributed by atoms with Crippen LogP contribution in [0, 0.1) is 39.5 Å². The Morgan fingerprint density at radius 1 is 1.29 bits per heavy atom. The van der Waals surface area contributed by atoms with E-state index >= 15 is 0 Å². The van der Waals surface area contributed by atoms with Gasteiger partial charge in [0.2, 0.25) is 0 Å². The number of carbonyl (C=O) groups excluding carboxylic acids is 1. The maximum Gasteiger partial charge on any atom is 4.00 e. The molecular weight excluding hydrogens is 256 g/mol. The number of esters is 1. The quantitative estimate of drug-likeness (QED) is 0.333. The average Bonchev–Trinajstić information content (AvgIpc) is 2.25. The summed E-state index contributed by atoms with van der Waals surface area (Å²) in [6, 6.07) is 0. The number of rotatable bonds is 5. The molecule has 100 valence electrons.